The number of carbonyl (C=O) groups is 2. The third-order valence-corrected chi connectivity index (χ3v) is 4.13. The summed E-state index contributed by atoms with van der Waals surface area (Å²) in [4.78, 5) is 32.5. The van der Waals surface area contributed by atoms with Gasteiger partial charge in [0.25, 0.3) is 11.8 Å². The zero-order valence-corrected chi connectivity index (χ0v) is 14.7. The Bertz CT molecular complexity index is 1130. The van der Waals surface area contributed by atoms with Gasteiger partial charge in [0, 0.05) is 24.0 Å². The summed E-state index contributed by atoms with van der Waals surface area (Å²) in [6.07, 6.45) is 6.10. The Morgan fingerprint density at radius 3 is 2.43 bits per heavy atom. The molecule has 0 aliphatic carbocycles. The average Bonchev–Trinajstić information content (AvgIpc) is 3.15. The molecular weight excluding hydrogens is 356 g/mol. The average molecular weight is 372 g/mol. The first kappa shape index (κ1) is 17.3. The molecule has 0 aliphatic heterocycles. The molecule has 138 valence electrons. The number of nitrogens with one attached hydrogen (secondary N) is 2. The third kappa shape index (κ3) is 3.70. The molecule has 0 unspecified atom stereocenters. The van der Waals surface area contributed by atoms with E-state index in [1.807, 2.05) is 30.3 Å². The second-order valence-electron chi connectivity index (χ2n) is 6.07. The highest BCUT2D eigenvalue weighted by Crippen LogP contribution is 2.14. The molecule has 2 N–H and O–H groups in total. The zero-order chi connectivity index (χ0) is 19.3. The maximum Gasteiger partial charge on any atom is 0.271 e. The predicted octanol–water partition coefficient (Wildman–Crippen LogP) is 1.95. The van der Waals surface area contributed by atoms with Crippen LogP contribution in [0.25, 0.3) is 11.0 Å². The van der Waals surface area contributed by atoms with Crippen molar-refractivity contribution in [2.24, 2.45) is 0 Å². The van der Waals surface area contributed by atoms with Crippen LogP contribution in [0.3, 0.4) is 0 Å². The Labute approximate surface area is 160 Å². The largest absolute Gasteiger partial charge is 0.271 e. The molecule has 4 rings (SSSR count). The molecule has 3 aromatic heterocycles. The van der Waals surface area contributed by atoms with Crippen LogP contribution in [0.2, 0.25) is 0 Å². The Morgan fingerprint density at radius 2 is 1.68 bits per heavy atom. The SMILES string of the molecule is O=C(NNC(=O)c1cnc2c(cnn2Cc2ccccc2)c1)c1cccnc1. The maximum atomic E-state index is 12.3. The Kier molecular flexibility index (Phi) is 4.75. The van der Waals surface area contributed by atoms with Gasteiger partial charge in [-0.2, -0.15) is 5.10 Å². The van der Waals surface area contributed by atoms with Crippen LogP contribution < -0.4 is 10.9 Å². The number of amides is 2. The summed E-state index contributed by atoms with van der Waals surface area (Å²) in [7, 11) is 0. The second-order valence-corrected chi connectivity index (χ2v) is 6.07. The smallest absolute Gasteiger partial charge is 0.267 e. The molecule has 0 fully saturated rings. The van der Waals surface area contributed by atoms with Crippen molar-refractivity contribution in [3.05, 3.63) is 90.0 Å². The van der Waals surface area contributed by atoms with E-state index in [2.05, 4.69) is 25.9 Å². The van der Waals surface area contributed by atoms with Gasteiger partial charge in [-0.1, -0.05) is 30.3 Å². The van der Waals surface area contributed by atoms with Gasteiger partial charge in [0.1, 0.15) is 0 Å². The van der Waals surface area contributed by atoms with Crippen molar-refractivity contribution in [3.63, 3.8) is 0 Å². The number of pyridine rings is 2. The first-order valence-electron chi connectivity index (χ1n) is 8.57. The summed E-state index contributed by atoms with van der Waals surface area (Å²) in [6, 6.07) is 14.8. The summed E-state index contributed by atoms with van der Waals surface area (Å²) in [5.74, 6) is -0.923. The number of aromatic nitrogens is 4. The van der Waals surface area contributed by atoms with E-state index in [9.17, 15) is 9.59 Å². The van der Waals surface area contributed by atoms with E-state index in [4.69, 9.17) is 0 Å². The minimum atomic E-state index is -0.470. The van der Waals surface area contributed by atoms with Crippen molar-refractivity contribution in [3.8, 4) is 0 Å². The molecule has 2 amide bonds. The Balaban J connectivity index is 1.46. The molecule has 0 saturated heterocycles. The fraction of sp³-hybridized carbons (Fsp3) is 0.0500. The highest BCUT2D eigenvalue weighted by atomic mass is 16.2. The van der Waals surface area contributed by atoms with Crippen molar-refractivity contribution in [2.75, 3.05) is 0 Å². The van der Waals surface area contributed by atoms with Gasteiger partial charge in [-0.25, -0.2) is 9.67 Å². The van der Waals surface area contributed by atoms with Gasteiger partial charge in [-0.3, -0.25) is 25.4 Å². The summed E-state index contributed by atoms with van der Waals surface area (Å²) in [5.41, 5.74) is 7.18. The lowest BCUT2D eigenvalue weighted by Gasteiger charge is -2.07. The van der Waals surface area contributed by atoms with E-state index in [1.165, 1.54) is 12.4 Å². The van der Waals surface area contributed by atoms with Crippen LogP contribution in [0.15, 0.2) is 73.3 Å². The molecule has 8 nitrogen and oxygen atoms in total. The van der Waals surface area contributed by atoms with Crippen LogP contribution in [0, 0.1) is 0 Å². The van der Waals surface area contributed by atoms with Crippen molar-refractivity contribution in [1.82, 2.24) is 30.6 Å². The van der Waals surface area contributed by atoms with E-state index in [1.54, 1.807) is 35.3 Å². The monoisotopic (exact) mass is 372 g/mol. The van der Waals surface area contributed by atoms with Gasteiger partial charge in [0.15, 0.2) is 5.65 Å². The fourth-order valence-corrected chi connectivity index (χ4v) is 2.72. The van der Waals surface area contributed by atoms with Gasteiger partial charge in [-0.15, -0.1) is 0 Å². The first-order chi connectivity index (χ1) is 13.7. The van der Waals surface area contributed by atoms with Crippen LogP contribution in [0.1, 0.15) is 26.3 Å². The number of hydrogen-bond donors (Lipinski definition) is 2. The van der Waals surface area contributed by atoms with Crippen molar-refractivity contribution >= 4 is 22.8 Å². The van der Waals surface area contributed by atoms with E-state index in [-0.39, 0.29) is 0 Å². The Morgan fingerprint density at radius 1 is 0.893 bits per heavy atom. The topological polar surface area (TPSA) is 102 Å². The normalized spacial score (nSPS) is 10.6. The Hall–Kier alpha value is -4.07. The van der Waals surface area contributed by atoms with Crippen molar-refractivity contribution < 1.29 is 9.59 Å². The zero-order valence-electron chi connectivity index (χ0n) is 14.7. The molecule has 28 heavy (non-hydrogen) atoms. The molecule has 0 bridgehead atoms. The molecule has 3 heterocycles. The van der Waals surface area contributed by atoms with E-state index >= 15 is 0 Å². The lowest BCUT2D eigenvalue weighted by atomic mass is 10.2. The maximum absolute atomic E-state index is 12.3. The second kappa shape index (κ2) is 7.67. The summed E-state index contributed by atoms with van der Waals surface area (Å²) in [6.45, 7) is 0.587. The molecular formula is C20H16N6O2. The summed E-state index contributed by atoms with van der Waals surface area (Å²) in [5, 5.41) is 5.09. The highest BCUT2D eigenvalue weighted by molar-refractivity contribution is 6.00. The fourth-order valence-electron chi connectivity index (χ4n) is 2.72. The van der Waals surface area contributed by atoms with Gasteiger partial charge < -0.3 is 0 Å². The molecule has 0 spiro atoms. The van der Waals surface area contributed by atoms with Gasteiger partial charge in [0.05, 0.1) is 23.9 Å². The molecule has 4 aromatic rings. The lowest BCUT2D eigenvalue weighted by Crippen LogP contribution is -2.41. The molecule has 0 radical (unpaired) electrons. The quantitative estimate of drug-likeness (QED) is 0.533. The van der Waals surface area contributed by atoms with Gasteiger partial charge in [-0.05, 0) is 23.8 Å². The number of hydrogen-bond acceptors (Lipinski definition) is 5. The molecule has 0 atom stereocenters. The first-order valence-corrected chi connectivity index (χ1v) is 8.57. The number of carbonyl (C=O) groups excluding carboxylic acids is 2. The summed E-state index contributed by atoms with van der Waals surface area (Å²) < 4.78 is 1.77. The lowest BCUT2D eigenvalue weighted by molar-refractivity contribution is 0.0846. The van der Waals surface area contributed by atoms with Crippen LogP contribution in [0.5, 0.6) is 0 Å². The van der Waals surface area contributed by atoms with E-state index in [0.29, 0.717) is 23.3 Å². The third-order valence-electron chi connectivity index (χ3n) is 4.13. The molecule has 8 heteroatoms. The van der Waals surface area contributed by atoms with Crippen molar-refractivity contribution in [2.45, 2.75) is 6.54 Å². The van der Waals surface area contributed by atoms with Crippen LogP contribution in [-0.4, -0.2) is 31.6 Å². The van der Waals surface area contributed by atoms with Crippen LogP contribution >= 0.6 is 0 Å². The summed E-state index contributed by atoms with van der Waals surface area (Å²) >= 11 is 0. The number of benzene rings is 1. The van der Waals surface area contributed by atoms with Gasteiger partial charge >= 0.3 is 0 Å². The predicted molar refractivity (Wildman–Crippen MR) is 102 cm³/mol. The van der Waals surface area contributed by atoms with E-state index in [0.717, 1.165) is 10.9 Å². The molecule has 0 aliphatic rings. The van der Waals surface area contributed by atoms with Gasteiger partial charge in [0.2, 0.25) is 0 Å². The number of rotatable bonds is 4. The number of nitrogens with zero attached hydrogens (tertiary/aromatic N) is 4. The number of hydrazine groups is 1. The highest BCUT2D eigenvalue weighted by Gasteiger charge is 2.12. The van der Waals surface area contributed by atoms with E-state index < -0.39 is 11.8 Å². The molecule has 1 aromatic carbocycles. The molecule has 0 saturated carbocycles. The van der Waals surface area contributed by atoms with Crippen LogP contribution in [0.4, 0.5) is 0 Å². The van der Waals surface area contributed by atoms with Crippen molar-refractivity contribution in [1.29, 1.82) is 0 Å². The van der Waals surface area contributed by atoms with Crippen LogP contribution in [-0.2, 0) is 6.54 Å². The minimum Gasteiger partial charge on any atom is -0.267 e. The number of fused-ring (bicyclic) bond motifs is 1. The minimum absolute atomic E-state index is 0.318. The standard InChI is InChI=1S/C20H16N6O2/c27-19(15-7-4-8-21-10-15)24-25-20(28)17-9-16-12-23-26(18(16)22-11-17)13-14-5-2-1-3-6-14/h1-12H,13H2,(H,24,27)(H,25,28).